The highest BCUT2D eigenvalue weighted by atomic mass is 32.2. The Hall–Kier alpha value is -2.29. The number of esters is 1. The van der Waals surface area contributed by atoms with Gasteiger partial charge in [-0.05, 0) is 94.0 Å². The van der Waals surface area contributed by atoms with Crippen LogP contribution in [0.1, 0.15) is 59.3 Å². The maximum absolute atomic E-state index is 11.9. The van der Waals surface area contributed by atoms with Crippen LogP contribution in [-0.4, -0.2) is 51.8 Å². The van der Waals surface area contributed by atoms with Gasteiger partial charge in [0.25, 0.3) is 0 Å². The van der Waals surface area contributed by atoms with E-state index in [1.807, 2.05) is 52.1 Å². The van der Waals surface area contributed by atoms with Crippen LogP contribution in [0.4, 0.5) is 0 Å². The fourth-order valence-electron chi connectivity index (χ4n) is 3.00. The fraction of sp³-hybridized carbons (Fsp3) is 0.652. The Morgan fingerprint density at radius 2 is 1.62 bits per heavy atom. The van der Waals surface area contributed by atoms with Crippen molar-refractivity contribution in [2.45, 2.75) is 64.5 Å². The summed E-state index contributed by atoms with van der Waals surface area (Å²) in [6.07, 6.45) is 5.82. The van der Waals surface area contributed by atoms with Crippen molar-refractivity contribution in [1.29, 1.82) is 0 Å². The summed E-state index contributed by atoms with van der Waals surface area (Å²) < 4.78 is 18.4. The number of aromatic nitrogens is 4. The lowest BCUT2D eigenvalue weighted by Gasteiger charge is -2.21. The van der Waals surface area contributed by atoms with Gasteiger partial charge in [0.15, 0.2) is 0 Å². The lowest BCUT2D eigenvalue weighted by atomic mass is 9.87. The van der Waals surface area contributed by atoms with Gasteiger partial charge in [0.2, 0.25) is 5.16 Å². The molecule has 0 spiro atoms. The minimum Gasteiger partial charge on any atom is -0.494 e. The van der Waals surface area contributed by atoms with Gasteiger partial charge in [0, 0.05) is 12.8 Å². The molecule has 32 heavy (non-hydrogen) atoms. The molecule has 9 heteroatoms. The normalized spacial score (nSPS) is 11.4. The van der Waals surface area contributed by atoms with E-state index in [2.05, 4.69) is 15.5 Å². The molecule has 0 amide bonds. The molecule has 1 aromatic heterocycles. The molecule has 0 fully saturated rings. The molecular weight excluding hydrogens is 428 g/mol. The zero-order valence-electron chi connectivity index (χ0n) is 19.7. The van der Waals surface area contributed by atoms with Gasteiger partial charge >= 0.3 is 5.97 Å². The van der Waals surface area contributed by atoms with Crippen LogP contribution >= 0.6 is 11.8 Å². The van der Waals surface area contributed by atoms with E-state index >= 15 is 0 Å². The zero-order chi connectivity index (χ0) is 23.2. The predicted octanol–water partition coefficient (Wildman–Crippen LogP) is 4.69. The fourth-order valence-corrected chi connectivity index (χ4v) is 3.85. The second kappa shape index (κ2) is 14.0. The number of carbonyl (C=O) groups is 1. The second-order valence-electron chi connectivity index (χ2n) is 8.22. The number of tetrazole rings is 1. The Bertz CT molecular complexity index is 796. The van der Waals surface area contributed by atoms with Crippen LogP contribution in [-0.2, 0) is 16.6 Å². The van der Waals surface area contributed by atoms with Gasteiger partial charge in [0.1, 0.15) is 11.5 Å². The Kier molecular flexibility index (Phi) is 11.3. The van der Waals surface area contributed by atoms with Gasteiger partial charge in [-0.2, -0.15) is 0 Å². The standard InChI is InChI=1S/C23H36N4O4S/c1-5-29-21(28)23(2,3)15-7-9-17-31-20-13-11-19(12-14-20)30-16-8-6-10-18-32-22-24-25-26-27(22)4/h11-14H,5-10,15-18H2,1-4H3. The average molecular weight is 465 g/mol. The van der Waals surface area contributed by atoms with Gasteiger partial charge in [-0.25, -0.2) is 4.68 Å². The SMILES string of the molecule is CCOC(=O)C(C)(C)CCCCOc1ccc(OCCCCCSc2nnnn2C)cc1. The third kappa shape index (κ3) is 9.46. The molecule has 1 heterocycles. The third-order valence-corrected chi connectivity index (χ3v) is 6.08. The van der Waals surface area contributed by atoms with E-state index in [9.17, 15) is 4.79 Å². The highest BCUT2D eigenvalue weighted by Gasteiger charge is 2.28. The highest BCUT2D eigenvalue weighted by molar-refractivity contribution is 7.99. The largest absolute Gasteiger partial charge is 0.494 e. The van der Waals surface area contributed by atoms with E-state index in [0.29, 0.717) is 19.8 Å². The maximum Gasteiger partial charge on any atom is 0.311 e. The molecule has 2 aromatic rings. The smallest absolute Gasteiger partial charge is 0.311 e. The Morgan fingerprint density at radius 1 is 1.00 bits per heavy atom. The van der Waals surface area contributed by atoms with Crippen molar-refractivity contribution in [3.8, 4) is 11.5 Å². The molecule has 178 valence electrons. The summed E-state index contributed by atoms with van der Waals surface area (Å²) in [6, 6.07) is 7.75. The molecule has 0 radical (unpaired) electrons. The van der Waals surface area contributed by atoms with Crippen molar-refractivity contribution in [3.63, 3.8) is 0 Å². The van der Waals surface area contributed by atoms with Crippen LogP contribution < -0.4 is 9.47 Å². The molecule has 0 aliphatic heterocycles. The number of unbranched alkanes of at least 4 members (excludes halogenated alkanes) is 3. The lowest BCUT2D eigenvalue weighted by Crippen LogP contribution is -2.26. The summed E-state index contributed by atoms with van der Waals surface area (Å²) in [5.74, 6) is 2.56. The van der Waals surface area contributed by atoms with Crippen molar-refractivity contribution < 1.29 is 19.0 Å². The molecule has 1 aromatic carbocycles. The summed E-state index contributed by atoms with van der Waals surface area (Å²) in [6.45, 7) is 7.45. The number of thioether (sulfide) groups is 1. The van der Waals surface area contributed by atoms with Crippen molar-refractivity contribution in [2.75, 3.05) is 25.6 Å². The van der Waals surface area contributed by atoms with Gasteiger partial charge in [-0.15, -0.1) is 5.10 Å². The number of nitrogens with zero attached hydrogens (tertiary/aromatic N) is 4. The molecule has 0 N–H and O–H groups in total. The van der Waals surface area contributed by atoms with E-state index in [1.165, 1.54) is 0 Å². The van der Waals surface area contributed by atoms with Gasteiger partial charge in [0.05, 0.1) is 25.2 Å². The first-order chi connectivity index (χ1) is 15.4. The Labute approximate surface area is 195 Å². The van der Waals surface area contributed by atoms with Crippen molar-refractivity contribution in [3.05, 3.63) is 24.3 Å². The molecule has 0 unspecified atom stereocenters. The Balaban J connectivity index is 1.51. The first kappa shape index (κ1) is 26.0. The third-order valence-electron chi connectivity index (χ3n) is 4.99. The summed E-state index contributed by atoms with van der Waals surface area (Å²) in [5, 5.41) is 12.3. The van der Waals surface area contributed by atoms with Crippen LogP contribution in [0.15, 0.2) is 29.4 Å². The Morgan fingerprint density at radius 3 is 2.19 bits per heavy atom. The van der Waals surface area contributed by atoms with E-state index in [-0.39, 0.29) is 5.97 Å². The summed E-state index contributed by atoms with van der Waals surface area (Å²) in [5.41, 5.74) is -0.443. The number of rotatable bonds is 16. The highest BCUT2D eigenvalue weighted by Crippen LogP contribution is 2.25. The van der Waals surface area contributed by atoms with Gasteiger partial charge in [-0.1, -0.05) is 11.8 Å². The van der Waals surface area contributed by atoms with E-state index in [0.717, 1.165) is 60.9 Å². The summed E-state index contributed by atoms with van der Waals surface area (Å²) in [4.78, 5) is 11.9. The van der Waals surface area contributed by atoms with Crippen molar-refractivity contribution in [1.82, 2.24) is 20.2 Å². The van der Waals surface area contributed by atoms with Crippen LogP contribution in [0.3, 0.4) is 0 Å². The molecule has 8 nitrogen and oxygen atoms in total. The van der Waals surface area contributed by atoms with E-state index < -0.39 is 5.41 Å². The zero-order valence-corrected chi connectivity index (χ0v) is 20.5. The topological polar surface area (TPSA) is 88.4 Å². The molecule has 2 rings (SSSR count). The number of ether oxygens (including phenoxy) is 3. The lowest BCUT2D eigenvalue weighted by molar-refractivity contribution is -0.153. The number of hydrogen-bond acceptors (Lipinski definition) is 8. The van der Waals surface area contributed by atoms with E-state index in [1.54, 1.807) is 16.4 Å². The molecule has 0 aliphatic carbocycles. The van der Waals surface area contributed by atoms with Gasteiger partial charge in [-0.3, -0.25) is 4.79 Å². The molecule has 0 saturated carbocycles. The number of carbonyl (C=O) groups excluding carboxylic acids is 1. The van der Waals surface area contributed by atoms with E-state index in [4.69, 9.17) is 14.2 Å². The predicted molar refractivity (Wildman–Crippen MR) is 125 cm³/mol. The van der Waals surface area contributed by atoms with Gasteiger partial charge < -0.3 is 14.2 Å². The van der Waals surface area contributed by atoms with Crippen molar-refractivity contribution >= 4 is 17.7 Å². The summed E-state index contributed by atoms with van der Waals surface area (Å²) >= 11 is 1.67. The molecule has 0 aliphatic rings. The molecule has 0 bridgehead atoms. The second-order valence-corrected chi connectivity index (χ2v) is 9.29. The maximum atomic E-state index is 11.9. The number of benzene rings is 1. The summed E-state index contributed by atoms with van der Waals surface area (Å²) in [7, 11) is 1.85. The quantitative estimate of drug-likeness (QED) is 0.201. The molecular formula is C23H36N4O4S. The number of aryl methyl sites for hydroxylation is 1. The van der Waals surface area contributed by atoms with Crippen LogP contribution in [0.5, 0.6) is 11.5 Å². The number of hydrogen-bond donors (Lipinski definition) is 0. The van der Waals surface area contributed by atoms with Crippen LogP contribution in [0.25, 0.3) is 0 Å². The minimum atomic E-state index is -0.443. The van der Waals surface area contributed by atoms with Crippen molar-refractivity contribution in [2.24, 2.45) is 12.5 Å². The first-order valence-corrected chi connectivity index (χ1v) is 12.3. The monoisotopic (exact) mass is 464 g/mol. The van der Waals surface area contributed by atoms with Crippen LogP contribution in [0, 0.1) is 5.41 Å². The average Bonchev–Trinajstić information content (AvgIpc) is 3.18. The molecule has 0 saturated heterocycles. The van der Waals surface area contributed by atoms with Crippen LogP contribution in [0.2, 0.25) is 0 Å². The molecule has 0 atom stereocenters. The first-order valence-electron chi connectivity index (χ1n) is 11.3. The minimum absolute atomic E-state index is 0.130.